The van der Waals surface area contributed by atoms with Crippen molar-refractivity contribution in [3.8, 4) is 11.5 Å². The van der Waals surface area contributed by atoms with E-state index in [-0.39, 0.29) is 34.0 Å². The summed E-state index contributed by atoms with van der Waals surface area (Å²) in [5.74, 6) is -2.04. The number of aliphatic hydroxyl groups is 1. The number of rotatable bonds is 1. The van der Waals surface area contributed by atoms with Gasteiger partial charge in [0.1, 0.15) is 17.3 Å². The second-order valence-electron chi connectivity index (χ2n) is 4.66. The van der Waals surface area contributed by atoms with Crippen LogP contribution >= 0.6 is 0 Å². The molecular weight excluding hydrogens is 272 g/mol. The van der Waals surface area contributed by atoms with Crippen LogP contribution in [0.3, 0.4) is 0 Å². The minimum Gasteiger partial charge on any atom is -0.508 e. The maximum Gasteiger partial charge on any atom is 0.237 e. The van der Waals surface area contributed by atoms with Gasteiger partial charge < -0.3 is 15.3 Å². The van der Waals surface area contributed by atoms with Crippen molar-refractivity contribution < 1.29 is 24.9 Å². The predicted molar refractivity (Wildman–Crippen MR) is 75.0 cm³/mol. The van der Waals surface area contributed by atoms with E-state index in [1.807, 2.05) is 0 Å². The van der Waals surface area contributed by atoms with Crippen LogP contribution in [0.25, 0.3) is 11.3 Å². The van der Waals surface area contributed by atoms with Crippen LogP contribution in [-0.2, 0) is 4.79 Å². The van der Waals surface area contributed by atoms with Crippen molar-refractivity contribution in [3.05, 3.63) is 59.2 Å². The van der Waals surface area contributed by atoms with Gasteiger partial charge in [0.2, 0.25) is 11.6 Å². The molecule has 1 aliphatic carbocycles. The van der Waals surface area contributed by atoms with Gasteiger partial charge in [-0.05, 0) is 35.9 Å². The standard InChI is InChI=1S/C16H10O5/c17-9-3-1-8(2-4-9)13-14(19)12-7-10(18)5-6-11(12)15(20)16(13)21/h1-7,17-19H. The number of aliphatic hydroxyl groups excluding tert-OH is 1. The highest BCUT2D eigenvalue weighted by atomic mass is 16.3. The van der Waals surface area contributed by atoms with Crippen molar-refractivity contribution >= 4 is 22.9 Å². The molecule has 0 bridgehead atoms. The number of phenolic OH excluding ortho intramolecular Hbond substituents is 2. The number of allylic oxidation sites excluding steroid dienone is 1. The molecule has 0 saturated carbocycles. The minimum absolute atomic E-state index is 0.00599. The molecule has 3 rings (SSSR count). The van der Waals surface area contributed by atoms with E-state index >= 15 is 0 Å². The second kappa shape index (κ2) is 4.49. The molecule has 0 fully saturated rings. The fourth-order valence-corrected chi connectivity index (χ4v) is 2.30. The van der Waals surface area contributed by atoms with Crippen LogP contribution in [0.4, 0.5) is 0 Å². The number of ketones is 2. The van der Waals surface area contributed by atoms with E-state index in [4.69, 9.17) is 0 Å². The fraction of sp³-hybridized carbons (Fsp3) is 0. The van der Waals surface area contributed by atoms with E-state index in [1.54, 1.807) is 0 Å². The molecule has 5 nitrogen and oxygen atoms in total. The number of fused-ring (bicyclic) bond motifs is 1. The highest BCUT2D eigenvalue weighted by molar-refractivity contribution is 6.62. The van der Waals surface area contributed by atoms with E-state index in [0.717, 1.165) is 0 Å². The number of hydrogen-bond donors (Lipinski definition) is 3. The smallest absolute Gasteiger partial charge is 0.237 e. The molecule has 0 radical (unpaired) electrons. The first-order valence-corrected chi connectivity index (χ1v) is 6.14. The van der Waals surface area contributed by atoms with Gasteiger partial charge in [0.05, 0.1) is 5.57 Å². The number of benzene rings is 2. The summed E-state index contributed by atoms with van der Waals surface area (Å²) >= 11 is 0. The molecule has 0 aliphatic heterocycles. The molecule has 0 aromatic heterocycles. The van der Waals surface area contributed by atoms with Crippen LogP contribution in [0.2, 0.25) is 0 Å². The molecule has 0 saturated heterocycles. The number of hydrogen-bond acceptors (Lipinski definition) is 5. The molecular formula is C16H10O5. The summed E-state index contributed by atoms with van der Waals surface area (Å²) in [6, 6.07) is 9.38. The number of carbonyl (C=O) groups excluding carboxylic acids is 2. The molecule has 0 amide bonds. The minimum atomic E-state index is -0.823. The third-order valence-electron chi connectivity index (χ3n) is 3.33. The molecule has 21 heavy (non-hydrogen) atoms. The third-order valence-corrected chi connectivity index (χ3v) is 3.33. The average molecular weight is 282 g/mol. The summed E-state index contributed by atoms with van der Waals surface area (Å²) in [5, 5.41) is 29.0. The summed E-state index contributed by atoms with van der Waals surface area (Å²) in [4.78, 5) is 24.3. The van der Waals surface area contributed by atoms with Gasteiger partial charge >= 0.3 is 0 Å². The Morgan fingerprint density at radius 1 is 0.667 bits per heavy atom. The second-order valence-corrected chi connectivity index (χ2v) is 4.66. The van der Waals surface area contributed by atoms with Gasteiger partial charge in [-0.25, -0.2) is 0 Å². The zero-order valence-electron chi connectivity index (χ0n) is 10.7. The van der Waals surface area contributed by atoms with Crippen molar-refractivity contribution in [1.29, 1.82) is 0 Å². The molecule has 5 heteroatoms. The number of carbonyl (C=O) groups is 2. The summed E-state index contributed by atoms with van der Waals surface area (Å²) in [5.41, 5.74) is 0.344. The van der Waals surface area contributed by atoms with Gasteiger partial charge in [0.15, 0.2) is 0 Å². The summed E-state index contributed by atoms with van der Waals surface area (Å²) in [7, 11) is 0. The van der Waals surface area contributed by atoms with Crippen LogP contribution < -0.4 is 0 Å². The molecule has 1 aliphatic rings. The average Bonchev–Trinajstić information content (AvgIpc) is 2.47. The van der Waals surface area contributed by atoms with E-state index in [9.17, 15) is 24.9 Å². The van der Waals surface area contributed by atoms with Gasteiger partial charge in [-0.15, -0.1) is 0 Å². The lowest BCUT2D eigenvalue weighted by Crippen LogP contribution is -2.23. The van der Waals surface area contributed by atoms with Gasteiger partial charge in [-0.1, -0.05) is 12.1 Å². The van der Waals surface area contributed by atoms with Gasteiger partial charge in [-0.2, -0.15) is 0 Å². The van der Waals surface area contributed by atoms with Crippen molar-refractivity contribution in [3.63, 3.8) is 0 Å². The van der Waals surface area contributed by atoms with Crippen LogP contribution in [0.1, 0.15) is 21.5 Å². The Bertz CT molecular complexity index is 800. The first-order chi connectivity index (χ1) is 9.99. The van der Waals surface area contributed by atoms with Gasteiger partial charge in [0, 0.05) is 11.1 Å². The van der Waals surface area contributed by atoms with E-state index in [1.165, 1.54) is 42.5 Å². The zero-order valence-corrected chi connectivity index (χ0v) is 10.7. The third kappa shape index (κ3) is 1.95. The highest BCUT2D eigenvalue weighted by Crippen LogP contribution is 2.35. The predicted octanol–water partition coefficient (Wildman–Crippen LogP) is 2.29. The lowest BCUT2D eigenvalue weighted by atomic mass is 9.85. The van der Waals surface area contributed by atoms with Crippen LogP contribution in [0.5, 0.6) is 11.5 Å². The lowest BCUT2D eigenvalue weighted by Gasteiger charge is -2.18. The first kappa shape index (κ1) is 12.9. The van der Waals surface area contributed by atoms with Gasteiger partial charge in [-0.3, -0.25) is 9.59 Å². The Morgan fingerprint density at radius 3 is 1.95 bits per heavy atom. The van der Waals surface area contributed by atoms with E-state index in [0.29, 0.717) is 5.56 Å². The van der Waals surface area contributed by atoms with E-state index < -0.39 is 11.6 Å². The van der Waals surface area contributed by atoms with Crippen molar-refractivity contribution in [1.82, 2.24) is 0 Å². The Hall–Kier alpha value is -3.08. The molecule has 104 valence electrons. The molecule has 0 atom stereocenters. The molecule has 0 heterocycles. The maximum atomic E-state index is 12.2. The number of aromatic hydroxyl groups is 2. The highest BCUT2D eigenvalue weighted by Gasteiger charge is 2.33. The molecule has 0 unspecified atom stereocenters. The molecule has 3 N–H and O–H groups in total. The van der Waals surface area contributed by atoms with Crippen LogP contribution in [-0.4, -0.2) is 26.9 Å². The summed E-state index contributed by atoms with van der Waals surface area (Å²) in [6.07, 6.45) is 0. The first-order valence-electron chi connectivity index (χ1n) is 6.14. The largest absolute Gasteiger partial charge is 0.508 e. The Morgan fingerprint density at radius 2 is 1.29 bits per heavy atom. The SMILES string of the molecule is O=C1C(=O)c2ccc(O)cc2C(O)=C1c1ccc(O)cc1. The molecule has 2 aromatic carbocycles. The van der Waals surface area contributed by atoms with Crippen molar-refractivity contribution in [2.75, 3.05) is 0 Å². The molecule has 0 spiro atoms. The Balaban J connectivity index is 2.28. The molecule has 2 aromatic rings. The lowest BCUT2D eigenvalue weighted by molar-refractivity contribution is -0.110. The fourth-order valence-electron chi connectivity index (χ4n) is 2.30. The Kier molecular flexibility index (Phi) is 2.76. The topological polar surface area (TPSA) is 94.8 Å². The van der Waals surface area contributed by atoms with Crippen LogP contribution in [0.15, 0.2) is 42.5 Å². The van der Waals surface area contributed by atoms with Crippen molar-refractivity contribution in [2.24, 2.45) is 0 Å². The van der Waals surface area contributed by atoms with E-state index in [2.05, 4.69) is 0 Å². The zero-order chi connectivity index (χ0) is 15.1. The van der Waals surface area contributed by atoms with Gasteiger partial charge in [0.25, 0.3) is 0 Å². The van der Waals surface area contributed by atoms with Crippen molar-refractivity contribution in [2.45, 2.75) is 0 Å². The summed E-state index contributed by atoms with van der Waals surface area (Å²) < 4.78 is 0. The quantitative estimate of drug-likeness (QED) is 0.697. The maximum absolute atomic E-state index is 12.2. The Labute approximate surface area is 119 Å². The monoisotopic (exact) mass is 282 g/mol. The summed E-state index contributed by atoms with van der Waals surface area (Å²) in [6.45, 7) is 0. The van der Waals surface area contributed by atoms with Crippen LogP contribution in [0, 0.1) is 0 Å². The number of phenols is 2. The normalized spacial score (nSPS) is 14.3. The number of Topliss-reactive ketones (excluding diaryl/α,β-unsaturated/α-hetero) is 2.